The lowest BCUT2D eigenvalue weighted by molar-refractivity contribution is -0.0655. The van der Waals surface area contributed by atoms with Gasteiger partial charge in [-0.05, 0) is 38.3 Å². The number of rotatable bonds is 4. The first-order valence-electron chi connectivity index (χ1n) is 11.7. The Labute approximate surface area is 205 Å². The van der Waals surface area contributed by atoms with Gasteiger partial charge in [-0.2, -0.15) is 0 Å². The molecule has 9 nitrogen and oxygen atoms in total. The van der Waals surface area contributed by atoms with Gasteiger partial charge < -0.3 is 24.7 Å². The number of halogens is 2. The summed E-state index contributed by atoms with van der Waals surface area (Å²) in [6.45, 7) is 2.64. The summed E-state index contributed by atoms with van der Waals surface area (Å²) in [5.41, 5.74) is -1.01. The van der Waals surface area contributed by atoms with E-state index in [1.165, 1.54) is 27.8 Å². The Morgan fingerprint density at radius 3 is 2.78 bits per heavy atom. The molecule has 3 aliphatic heterocycles. The molecule has 2 aromatic rings. The standard InChI is InChI=1S/C25H26F2N4O5/c1-13-3-4-15(18(27)7-13)10-28-23(34)17-11-31-19-12-30(24(35)20(31)22(33)21(17)32)16(9-26)5-6-25(19)8-14(2)29-36-25/h3-4,7,11,16,19,33H,5-6,8-10,12H2,1-2H3,(H,28,34)/t16-,19-,25+/m1/s1. The first kappa shape index (κ1) is 24.0. The second-order valence-corrected chi connectivity index (χ2v) is 9.73. The third kappa shape index (κ3) is 3.73. The van der Waals surface area contributed by atoms with E-state index < -0.39 is 58.7 Å². The van der Waals surface area contributed by atoms with Crippen LogP contribution >= 0.6 is 0 Å². The summed E-state index contributed by atoms with van der Waals surface area (Å²) in [6.07, 6.45) is 2.35. The zero-order valence-corrected chi connectivity index (χ0v) is 19.9. The second-order valence-electron chi connectivity index (χ2n) is 9.73. The van der Waals surface area contributed by atoms with Gasteiger partial charge in [0.2, 0.25) is 5.43 Å². The van der Waals surface area contributed by atoms with Gasteiger partial charge in [0.05, 0.1) is 17.8 Å². The largest absolute Gasteiger partial charge is 0.503 e. The summed E-state index contributed by atoms with van der Waals surface area (Å²) in [5.74, 6) is -2.91. The van der Waals surface area contributed by atoms with E-state index in [-0.39, 0.29) is 24.3 Å². The first-order valence-corrected chi connectivity index (χ1v) is 11.7. The van der Waals surface area contributed by atoms with E-state index in [0.717, 1.165) is 11.3 Å². The number of fused-ring (bicyclic) bond motifs is 5. The molecule has 36 heavy (non-hydrogen) atoms. The van der Waals surface area contributed by atoms with Crippen molar-refractivity contribution in [2.24, 2.45) is 5.16 Å². The summed E-state index contributed by atoms with van der Waals surface area (Å²) in [5, 5.41) is 17.4. The summed E-state index contributed by atoms with van der Waals surface area (Å²) in [6, 6.07) is 3.20. The summed E-state index contributed by atoms with van der Waals surface area (Å²) >= 11 is 0. The highest BCUT2D eigenvalue weighted by molar-refractivity contribution is 5.99. The highest BCUT2D eigenvalue weighted by Crippen LogP contribution is 2.46. The minimum absolute atomic E-state index is 0.0706. The van der Waals surface area contributed by atoms with Crippen molar-refractivity contribution in [3.05, 3.63) is 62.8 Å². The maximum Gasteiger partial charge on any atom is 0.274 e. The van der Waals surface area contributed by atoms with Crippen molar-refractivity contribution in [1.29, 1.82) is 0 Å². The van der Waals surface area contributed by atoms with Crippen LogP contribution < -0.4 is 10.7 Å². The second kappa shape index (κ2) is 8.72. The number of alkyl halides is 1. The Morgan fingerprint density at radius 2 is 2.11 bits per heavy atom. The summed E-state index contributed by atoms with van der Waals surface area (Å²) in [4.78, 5) is 46.4. The monoisotopic (exact) mass is 500 g/mol. The van der Waals surface area contributed by atoms with Crippen LogP contribution in [0.5, 0.6) is 5.75 Å². The van der Waals surface area contributed by atoms with E-state index >= 15 is 0 Å². The molecule has 3 atom stereocenters. The number of hydrogen-bond donors (Lipinski definition) is 2. The Hall–Kier alpha value is -3.76. The molecule has 4 heterocycles. The van der Waals surface area contributed by atoms with Crippen molar-refractivity contribution in [3.8, 4) is 5.75 Å². The molecule has 11 heteroatoms. The van der Waals surface area contributed by atoms with Gasteiger partial charge in [0, 0.05) is 31.3 Å². The van der Waals surface area contributed by atoms with Crippen molar-refractivity contribution >= 4 is 17.5 Å². The number of aromatic nitrogens is 1. The fraction of sp³-hybridized carbons (Fsp3) is 0.440. The minimum Gasteiger partial charge on any atom is -0.503 e. The van der Waals surface area contributed by atoms with Crippen LogP contribution in [0, 0.1) is 12.7 Å². The highest BCUT2D eigenvalue weighted by Gasteiger charge is 2.54. The molecular weight excluding hydrogens is 474 g/mol. The SMILES string of the molecule is CC1=NO[C@@]2(CC[C@H](CF)N3C[C@H]2n2cc(C(=O)NCc4ccc(C)cc4F)c(=O)c(O)c2C3=O)C1. The Kier molecular flexibility index (Phi) is 5.80. The van der Waals surface area contributed by atoms with E-state index in [4.69, 9.17) is 4.84 Å². The number of hydrogen-bond acceptors (Lipinski definition) is 6. The van der Waals surface area contributed by atoms with E-state index in [0.29, 0.717) is 19.3 Å². The highest BCUT2D eigenvalue weighted by atomic mass is 19.1. The average molecular weight is 501 g/mol. The van der Waals surface area contributed by atoms with E-state index in [1.54, 1.807) is 19.9 Å². The molecule has 3 aliphatic rings. The van der Waals surface area contributed by atoms with Crippen LogP contribution in [0.25, 0.3) is 0 Å². The quantitative estimate of drug-likeness (QED) is 0.670. The fourth-order valence-electron chi connectivity index (χ4n) is 5.41. The number of pyridine rings is 1. The maximum absolute atomic E-state index is 14.2. The van der Waals surface area contributed by atoms with Crippen molar-refractivity contribution in [3.63, 3.8) is 0 Å². The number of aryl methyl sites for hydroxylation is 1. The van der Waals surface area contributed by atoms with Crippen LogP contribution in [-0.4, -0.2) is 57.0 Å². The van der Waals surface area contributed by atoms with Crippen molar-refractivity contribution in [2.75, 3.05) is 13.2 Å². The van der Waals surface area contributed by atoms with E-state index in [9.17, 15) is 28.3 Å². The van der Waals surface area contributed by atoms with Gasteiger partial charge in [-0.15, -0.1) is 0 Å². The fourth-order valence-corrected chi connectivity index (χ4v) is 5.41. The molecule has 190 valence electrons. The van der Waals surface area contributed by atoms with Gasteiger partial charge in [0.15, 0.2) is 17.0 Å². The predicted octanol–water partition coefficient (Wildman–Crippen LogP) is 2.60. The molecule has 1 aromatic heterocycles. The number of benzene rings is 1. The molecule has 1 aromatic carbocycles. The lowest BCUT2D eigenvalue weighted by Gasteiger charge is -2.42. The Bertz CT molecular complexity index is 1360. The molecule has 0 unspecified atom stereocenters. The topological polar surface area (TPSA) is 113 Å². The zero-order valence-electron chi connectivity index (χ0n) is 19.9. The van der Waals surface area contributed by atoms with E-state index in [2.05, 4.69) is 10.5 Å². The summed E-state index contributed by atoms with van der Waals surface area (Å²) in [7, 11) is 0. The molecule has 1 fully saturated rings. The van der Waals surface area contributed by atoms with Gasteiger partial charge >= 0.3 is 0 Å². The first-order chi connectivity index (χ1) is 17.1. The number of carbonyl (C=O) groups is 2. The third-order valence-electron chi connectivity index (χ3n) is 7.34. The lowest BCUT2D eigenvalue weighted by atomic mass is 9.84. The predicted molar refractivity (Wildman–Crippen MR) is 125 cm³/mol. The zero-order chi connectivity index (χ0) is 25.8. The molecule has 1 saturated heterocycles. The van der Waals surface area contributed by atoms with Gasteiger partial charge in [-0.25, -0.2) is 8.78 Å². The van der Waals surface area contributed by atoms with Crippen LogP contribution in [0.4, 0.5) is 8.78 Å². The number of carbonyl (C=O) groups excluding carboxylic acids is 2. The number of nitrogens with one attached hydrogen (secondary N) is 1. The van der Waals surface area contributed by atoms with Crippen LogP contribution in [0.2, 0.25) is 0 Å². The van der Waals surface area contributed by atoms with E-state index in [1.807, 2.05) is 0 Å². The smallest absolute Gasteiger partial charge is 0.274 e. The number of nitrogens with zero attached hydrogens (tertiary/aromatic N) is 3. The molecule has 0 saturated carbocycles. The maximum atomic E-state index is 14.2. The number of aromatic hydroxyl groups is 1. The van der Waals surface area contributed by atoms with Gasteiger partial charge in [0.1, 0.15) is 18.1 Å². The van der Waals surface area contributed by atoms with Gasteiger partial charge in [0.25, 0.3) is 11.8 Å². The van der Waals surface area contributed by atoms with Crippen LogP contribution in [0.1, 0.15) is 64.2 Å². The number of oxime groups is 1. The van der Waals surface area contributed by atoms with Crippen LogP contribution in [-0.2, 0) is 11.4 Å². The van der Waals surface area contributed by atoms with Gasteiger partial charge in [-0.1, -0.05) is 17.3 Å². The molecule has 2 amide bonds. The molecule has 1 spiro atoms. The molecule has 2 N–H and O–H groups in total. The van der Waals surface area contributed by atoms with Crippen LogP contribution in [0.15, 0.2) is 34.3 Å². The molecule has 0 aliphatic carbocycles. The third-order valence-corrected chi connectivity index (χ3v) is 7.34. The molecule has 5 rings (SSSR count). The minimum atomic E-state index is -1.04. The van der Waals surface area contributed by atoms with Gasteiger partial charge in [-0.3, -0.25) is 14.4 Å². The van der Waals surface area contributed by atoms with Crippen molar-refractivity contribution in [1.82, 2.24) is 14.8 Å². The number of amides is 2. The Balaban J connectivity index is 1.55. The molecular formula is C25H26F2N4O5. The average Bonchev–Trinajstić information content (AvgIpc) is 3.16. The molecule has 0 radical (unpaired) electrons. The van der Waals surface area contributed by atoms with Crippen molar-refractivity contribution in [2.45, 2.75) is 57.3 Å². The molecule has 2 bridgehead atoms. The Morgan fingerprint density at radius 1 is 1.33 bits per heavy atom. The lowest BCUT2D eigenvalue weighted by Crippen LogP contribution is -2.53. The van der Waals surface area contributed by atoms with Crippen LogP contribution in [0.3, 0.4) is 0 Å². The van der Waals surface area contributed by atoms with Crippen molar-refractivity contribution < 1.29 is 28.3 Å². The summed E-state index contributed by atoms with van der Waals surface area (Å²) < 4.78 is 29.5. The normalized spacial score (nSPS) is 24.7.